The van der Waals surface area contributed by atoms with Crippen LogP contribution >= 0.6 is 0 Å². The zero-order valence-corrected chi connectivity index (χ0v) is 10.3. The first-order chi connectivity index (χ1) is 8.86. The highest BCUT2D eigenvalue weighted by atomic mass is 19.1. The minimum Gasteiger partial charge on any atom is -0.317 e. The van der Waals surface area contributed by atoms with Crippen LogP contribution in [-0.2, 0) is 0 Å². The van der Waals surface area contributed by atoms with E-state index in [0.29, 0.717) is 0 Å². The average Bonchev–Trinajstić information content (AvgIpc) is 2.47. The van der Waals surface area contributed by atoms with Crippen LogP contribution in [0.25, 0.3) is 10.8 Å². The van der Waals surface area contributed by atoms with Crippen LogP contribution in [0.1, 0.15) is 24.6 Å². The summed E-state index contributed by atoms with van der Waals surface area (Å²) in [5, 5.41) is 5.29. The number of fused-ring (bicyclic) bond motifs is 1. The van der Waals surface area contributed by atoms with E-state index in [9.17, 15) is 4.39 Å². The van der Waals surface area contributed by atoms with Crippen molar-refractivity contribution in [3.8, 4) is 0 Å². The van der Waals surface area contributed by atoms with Gasteiger partial charge in [-0.25, -0.2) is 4.39 Å². The van der Waals surface area contributed by atoms with Gasteiger partial charge in [0.15, 0.2) is 0 Å². The quantitative estimate of drug-likeness (QED) is 0.877. The van der Waals surface area contributed by atoms with Crippen molar-refractivity contribution in [2.45, 2.75) is 19.0 Å². The predicted molar refractivity (Wildman–Crippen MR) is 71.2 cm³/mol. The van der Waals surface area contributed by atoms with E-state index >= 15 is 0 Å². The minimum absolute atomic E-state index is 0.124. The number of nitrogens with zero attached hydrogens (tertiary/aromatic N) is 1. The molecule has 0 aliphatic carbocycles. The number of halogens is 1. The van der Waals surface area contributed by atoms with Gasteiger partial charge in [-0.15, -0.1) is 0 Å². The third-order valence-electron chi connectivity index (χ3n) is 3.79. The number of rotatable bonds is 2. The standard InChI is InChI=1S/C15H17FN2/c16-15(11-5-7-17-8-6-11)14-10-18-9-12-3-1-2-4-13(12)14/h1-4,9-11,15,17H,5-8H2. The Balaban J connectivity index is 1.97. The van der Waals surface area contributed by atoms with Crippen molar-refractivity contribution >= 4 is 10.8 Å². The lowest BCUT2D eigenvalue weighted by Crippen LogP contribution is -2.29. The van der Waals surface area contributed by atoms with Gasteiger partial charge in [0.05, 0.1) is 0 Å². The fraction of sp³-hybridized carbons (Fsp3) is 0.400. The zero-order valence-electron chi connectivity index (χ0n) is 10.3. The van der Waals surface area contributed by atoms with Crippen molar-refractivity contribution in [2.75, 3.05) is 13.1 Å². The van der Waals surface area contributed by atoms with Gasteiger partial charge in [0.25, 0.3) is 0 Å². The Morgan fingerprint density at radius 3 is 2.78 bits per heavy atom. The number of pyridine rings is 1. The van der Waals surface area contributed by atoms with Crippen LogP contribution in [-0.4, -0.2) is 18.1 Å². The van der Waals surface area contributed by atoms with E-state index in [-0.39, 0.29) is 5.92 Å². The molecule has 1 unspecified atom stereocenters. The third-order valence-corrected chi connectivity index (χ3v) is 3.79. The summed E-state index contributed by atoms with van der Waals surface area (Å²) < 4.78 is 14.7. The molecule has 1 aromatic heterocycles. The van der Waals surface area contributed by atoms with Crippen molar-refractivity contribution < 1.29 is 4.39 Å². The van der Waals surface area contributed by atoms with E-state index < -0.39 is 6.17 Å². The number of piperidine rings is 1. The summed E-state index contributed by atoms with van der Waals surface area (Å²) in [5.41, 5.74) is 0.750. The molecule has 1 atom stereocenters. The molecule has 94 valence electrons. The van der Waals surface area contributed by atoms with Gasteiger partial charge in [0.1, 0.15) is 6.17 Å². The van der Waals surface area contributed by atoms with Crippen LogP contribution in [0.15, 0.2) is 36.7 Å². The lowest BCUT2D eigenvalue weighted by molar-refractivity contribution is 0.191. The summed E-state index contributed by atoms with van der Waals surface area (Å²) in [6, 6.07) is 7.90. The Morgan fingerprint density at radius 2 is 1.94 bits per heavy atom. The predicted octanol–water partition coefficient (Wildman–Crippen LogP) is 3.25. The Kier molecular flexibility index (Phi) is 3.24. The van der Waals surface area contributed by atoms with Gasteiger partial charge in [-0.3, -0.25) is 4.98 Å². The molecule has 0 saturated carbocycles. The summed E-state index contributed by atoms with van der Waals surface area (Å²) in [6.45, 7) is 1.84. The smallest absolute Gasteiger partial charge is 0.130 e. The molecule has 1 aromatic carbocycles. The monoisotopic (exact) mass is 244 g/mol. The van der Waals surface area contributed by atoms with Gasteiger partial charge < -0.3 is 5.32 Å². The highest BCUT2D eigenvalue weighted by molar-refractivity contribution is 5.84. The lowest BCUT2D eigenvalue weighted by atomic mass is 9.88. The first-order valence-corrected chi connectivity index (χ1v) is 6.53. The summed E-state index contributed by atoms with van der Waals surface area (Å²) in [4.78, 5) is 4.17. The van der Waals surface area contributed by atoms with Crippen LogP contribution in [0.4, 0.5) is 4.39 Å². The van der Waals surface area contributed by atoms with E-state index in [0.717, 1.165) is 42.3 Å². The highest BCUT2D eigenvalue weighted by Gasteiger charge is 2.26. The maximum atomic E-state index is 14.7. The molecule has 0 bridgehead atoms. The number of alkyl halides is 1. The van der Waals surface area contributed by atoms with E-state index in [2.05, 4.69) is 10.3 Å². The number of benzene rings is 1. The van der Waals surface area contributed by atoms with Crippen LogP contribution in [0.5, 0.6) is 0 Å². The number of nitrogens with one attached hydrogen (secondary N) is 1. The fourth-order valence-corrected chi connectivity index (χ4v) is 2.75. The molecule has 0 spiro atoms. The number of hydrogen-bond acceptors (Lipinski definition) is 2. The number of hydrogen-bond donors (Lipinski definition) is 1. The Labute approximate surface area is 106 Å². The van der Waals surface area contributed by atoms with E-state index in [1.165, 1.54) is 0 Å². The molecule has 1 aliphatic heterocycles. The lowest BCUT2D eigenvalue weighted by Gasteiger charge is -2.26. The van der Waals surface area contributed by atoms with Gasteiger partial charge in [0.2, 0.25) is 0 Å². The topological polar surface area (TPSA) is 24.9 Å². The van der Waals surface area contributed by atoms with E-state index in [1.807, 2.05) is 24.3 Å². The molecule has 2 heterocycles. The minimum atomic E-state index is -0.898. The van der Waals surface area contributed by atoms with Crippen molar-refractivity contribution in [3.05, 3.63) is 42.2 Å². The van der Waals surface area contributed by atoms with E-state index in [1.54, 1.807) is 12.4 Å². The van der Waals surface area contributed by atoms with E-state index in [4.69, 9.17) is 0 Å². The van der Waals surface area contributed by atoms with Crippen LogP contribution < -0.4 is 5.32 Å². The van der Waals surface area contributed by atoms with Crippen molar-refractivity contribution in [1.82, 2.24) is 10.3 Å². The summed E-state index contributed by atoms with van der Waals surface area (Å²) in [6.07, 6.45) is 4.41. The molecule has 2 nitrogen and oxygen atoms in total. The zero-order chi connectivity index (χ0) is 12.4. The Bertz CT molecular complexity index is 530. The van der Waals surface area contributed by atoms with Gasteiger partial charge in [-0.2, -0.15) is 0 Å². The fourth-order valence-electron chi connectivity index (χ4n) is 2.75. The molecule has 18 heavy (non-hydrogen) atoms. The van der Waals surface area contributed by atoms with Crippen molar-refractivity contribution in [3.63, 3.8) is 0 Å². The molecule has 1 N–H and O–H groups in total. The highest BCUT2D eigenvalue weighted by Crippen LogP contribution is 2.35. The van der Waals surface area contributed by atoms with Gasteiger partial charge >= 0.3 is 0 Å². The van der Waals surface area contributed by atoms with Crippen LogP contribution in [0.2, 0.25) is 0 Å². The molecule has 0 radical (unpaired) electrons. The van der Waals surface area contributed by atoms with Gasteiger partial charge in [0, 0.05) is 23.3 Å². The summed E-state index contributed by atoms with van der Waals surface area (Å²) in [5.74, 6) is 0.124. The molecular formula is C15H17FN2. The second-order valence-corrected chi connectivity index (χ2v) is 4.94. The SMILES string of the molecule is FC(c1cncc2ccccc12)C1CCNCC1. The molecular weight excluding hydrogens is 227 g/mol. The molecule has 0 amide bonds. The van der Waals surface area contributed by atoms with Crippen LogP contribution in [0, 0.1) is 5.92 Å². The normalized spacial score (nSPS) is 18.9. The first kappa shape index (κ1) is 11.6. The van der Waals surface area contributed by atoms with Gasteiger partial charge in [-0.05, 0) is 37.2 Å². The third kappa shape index (κ3) is 2.10. The van der Waals surface area contributed by atoms with Crippen LogP contribution in [0.3, 0.4) is 0 Å². The van der Waals surface area contributed by atoms with Crippen molar-refractivity contribution in [1.29, 1.82) is 0 Å². The molecule has 2 aromatic rings. The largest absolute Gasteiger partial charge is 0.317 e. The second-order valence-electron chi connectivity index (χ2n) is 4.94. The number of aromatic nitrogens is 1. The maximum Gasteiger partial charge on any atom is 0.130 e. The average molecular weight is 244 g/mol. The molecule has 1 fully saturated rings. The molecule has 3 heteroatoms. The maximum absolute atomic E-state index is 14.7. The first-order valence-electron chi connectivity index (χ1n) is 6.53. The second kappa shape index (κ2) is 5.02. The Hall–Kier alpha value is -1.48. The Morgan fingerprint density at radius 1 is 1.17 bits per heavy atom. The summed E-state index contributed by atoms with van der Waals surface area (Å²) >= 11 is 0. The summed E-state index contributed by atoms with van der Waals surface area (Å²) in [7, 11) is 0. The molecule has 1 saturated heterocycles. The van der Waals surface area contributed by atoms with Gasteiger partial charge in [-0.1, -0.05) is 24.3 Å². The molecule has 1 aliphatic rings. The van der Waals surface area contributed by atoms with Crippen molar-refractivity contribution in [2.24, 2.45) is 5.92 Å². The molecule has 3 rings (SSSR count).